The lowest BCUT2D eigenvalue weighted by molar-refractivity contribution is -0.0383. The van der Waals surface area contributed by atoms with E-state index in [4.69, 9.17) is 4.74 Å². The van der Waals surface area contributed by atoms with Crippen molar-refractivity contribution in [2.75, 3.05) is 13.2 Å². The molecule has 2 nitrogen and oxygen atoms in total. The highest BCUT2D eigenvalue weighted by atomic mass is 16.5. The van der Waals surface area contributed by atoms with Crippen LogP contribution < -0.4 is 5.32 Å². The summed E-state index contributed by atoms with van der Waals surface area (Å²) in [4.78, 5) is 0. The molecule has 0 unspecified atom stereocenters. The monoisotopic (exact) mass is 141 g/mol. The van der Waals surface area contributed by atoms with Gasteiger partial charge in [0.2, 0.25) is 0 Å². The van der Waals surface area contributed by atoms with Crippen molar-refractivity contribution in [3.05, 3.63) is 0 Å². The summed E-state index contributed by atoms with van der Waals surface area (Å²) in [6.45, 7) is 1.97. The fourth-order valence-corrected chi connectivity index (χ4v) is 2.02. The summed E-state index contributed by atoms with van der Waals surface area (Å²) >= 11 is 0. The summed E-state index contributed by atoms with van der Waals surface area (Å²) in [5, 5.41) is 3.45. The van der Waals surface area contributed by atoms with Gasteiger partial charge < -0.3 is 4.74 Å². The van der Waals surface area contributed by atoms with E-state index in [1.54, 1.807) is 0 Å². The number of rotatable bonds is 0. The van der Waals surface area contributed by atoms with Crippen LogP contribution in [0.1, 0.15) is 32.1 Å². The predicted molar refractivity (Wildman–Crippen MR) is 39.8 cm³/mol. The van der Waals surface area contributed by atoms with E-state index in [9.17, 15) is 0 Å². The van der Waals surface area contributed by atoms with Crippen LogP contribution in [0.5, 0.6) is 0 Å². The molecule has 0 amide bonds. The first-order valence-electron chi connectivity index (χ1n) is 4.30. The molecule has 2 heteroatoms. The van der Waals surface area contributed by atoms with Gasteiger partial charge in [-0.05, 0) is 25.7 Å². The van der Waals surface area contributed by atoms with Crippen LogP contribution in [-0.4, -0.2) is 18.9 Å². The van der Waals surface area contributed by atoms with E-state index in [1.807, 2.05) is 0 Å². The standard InChI is InChI=1S/C8H15NO/c1-2-4-8(5-3-1)9-6-7-10-8/h9H,1-7H2. The van der Waals surface area contributed by atoms with Gasteiger partial charge >= 0.3 is 0 Å². The Labute approximate surface area is 61.9 Å². The lowest BCUT2D eigenvalue weighted by Gasteiger charge is -2.32. The first kappa shape index (κ1) is 6.62. The Kier molecular flexibility index (Phi) is 1.66. The van der Waals surface area contributed by atoms with Gasteiger partial charge in [-0.15, -0.1) is 0 Å². The fourth-order valence-electron chi connectivity index (χ4n) is 2.02. The second-order valence-corrected chi connectivity index (χ2v) is 3.33. The Morgan fingerprint density at radius 1 is 1.10 bits per heavy atom. The first-order chi connectivity index (χ1) is 4.91. The van der Waals surface area contributed by atoms with Crippen molar-refractivity contribution in [2.24, 2.45) is 0 Å². The van der Waals surface area contributed by atoms with Gasteiger partial charge in [-0.3, -0.25) is 5.32 Å². The minimum Gasteiger partial charge on any atom is -0.359 e. The second-order valence-electron chi connectivity index (χ2n) is 3.33. The molecular formula is C8H15NO. The topological polar surface area (TPSA) is 21.3 Å². The molecule has 1 saturated heterocycles. The molecule has 58 valence electrons. The number of ether oxygens (including phenoxy) is 1. The summed E-state index contributed by atoms with van der Waals surface area (Å²) in [6, 6.07) is 0. The van der Waals surface area contributed by atoms with Gasteiger partial charge in [0.1, 0.15) is 5.72 Å². The van der Waals surface area contributed by atoms with Crippen LogP contribution in [0, 0.1) is 0 Å². The van der Waals surface area contributed by atoms with Crippen molar-refractivity contribution in [3.63, 3.8) is 0 Å². The molecule has 1 aliphatic carbocycles. The second kappa shape index (κ2) is 2.51. The number of nitrogens with one attached hydrogen (secondary N) is 1. The van der Waals surface area contributed by atoms with Gasteiger partial charge in [0.15, 0.2) is 0 Å². The zero-order valence-corrected chi connectivity index (χ0v) is 6.36. The Morgan fingerprint density at radius 3 is 2.50 bits per heavy atom. The van der Waals surface area contributed by atoms with Crippen LogP contribution in [-0.2, 0) is 4.74 Å². The van der Waals surface area contributed by atoms with E-state index < -0.39 is 0 Å². The summed E-state index contributed by atoms with van der Waals surface area (Å²) in [6.07, 6.45) is 6.53. The van der Waals surface area contributed by atoms with Gasteiger partial charge in [-0.1, -0.05) is 6.42 Å². The fraction of sp³-hybridized carbons (Fsp3) is 1.00. The van der Waals surface area contributed by atoms with Crippen molar-refractivity contribution in [1.82, 2.24) is 5.32 Å². The normalized spacial score (nSPS) is 31.2. The molecule has 1 spiro atoms. The van der Waals surface area contributed by atoms with Gasteiger partial charge in [-0.25, -0.2) is 0 Å². The lowest BCUT2D eigenvalue weighted by atomic mass is 9.92. The zero-order valence-electron chi connectivity index (χ0n) is 6.36. The molecule has 0 aromatic carbocycles. The Morgan fingerprint density at radius 2 is 1.90 bits per heavy atom. The maximum atomic E-state index is 5.67. The minimum absolute atomic E-state index is 0.123. The molecule has 0 radical (unpaired) electrons. The van der Waals surface area contributed by atoms with Crippen LogP contribution >= 0.6 is 0 Å². The SMILES string of the molecule is C1CCC2(CC1)NCCO2. The van der Waals surface area contributed by atoms with Gasteiger partial charge in [0.25, 0.3) is 0 Å². The third-order valence-corrected chi connectivity index (χ3v) is 2.59. The molecule has 0 aromatic rings. The van der Waals surface area contributed by atoms with E-state index in [2.05, 4.69) is 5.32 Å². The van der Waals surface area contributed by atoms with E-state index in [1.165, 1.54) is 32.1 Å². The van der Waals surface area contributed by atoms with Gasteiger partial charge in [0, 0.05) is 6.54 Å². The van der Waals surface area contributed by atoms with Crippen LogP contribution in [0.25, 0.3) is 0 Å². The maximum absolute atomic E-state index is 5.67. The molecule has 0 bridgehead atoms. The largest absolute Gasteiger partial charge is 0.359 e. The summed E-state index contributed by atoms with van der Waals surface area (Å²) < 4.78 is 5.67. The number of hydrogen-bond acceptors (Lipinski definition) is 2. The smallest absolute Gasteiger partial charge is 0.119 e. The Balaban J connectivity index is 1.98. The van der Waals surface area contributed by atoms with E-state index in [0.717, 1.165) is 13.2 Å². The molecule has 1 N–H and O–H groups in total. The van der Waals surface area contributed by atoms with Gasteiger partial charge in [0.05, 0.1) is 6.61 Å². The Hall–Kier alpha value is -0.0800. The average molecular weight is 141 g/mol. The summed E-state index contributed by atoms with van der Waals surface area (Å²) in [5.41, 5.74) is 0.123. The van der Waals surface area contributed by atoms with Crippen molar-refractivity contribution in [2.45, 2.75) is 37.8 Å². The van der Waals surface area contributed by atoms with Crippen molar-refractivity contribution >= 4 is 0 Å². The molecule has 2 fully saturated rings. The highest BCUT2D eigenvalue weighted by Gasteiger charge is 2.35. The van der Waals surface area contributed by atoms with Crippen LogP contribution in [0.3, 0.4) is 0 Å². The van der Waals surface area contributed by atoms with Crippen molar-refractivity contribution in [1.29, 1.82) is 0 Å². The van der Waals surface area contributed by atoms with Crippen LogP contribution in [0.4, 0.5) is 0 Å². The van der Waals surface area contributed by atoms with Gasteiger partial charge in [-0.2, -0.15) is 0 Å². The molecule has 10 heavy (non-hydrogen) atoms. The molecular weight excluding hydrogens is 126 g/mol. The van der Waals surface area contributed by atoms with Crippen molar-refractivity contribution < 1.29 is 4.74 Å². The maximum Gasteiger partial charge on any atom is 0.119 e. The molecule has 1 saturated carbocycles. The summed E-state index contributed by atoms with van der Waals surface area (Å²) in [5.74, 6) is 0. The van der Waals surface area contributed by atoms with E-state index >= 15 is 0 Å². The highest BCUT2D eigenvalue weighted by molar-refractivity contribution is 4.85. The lowest BCUT2D eigenvalue weighted by Crippen LogP contribution is -2.42. The minimum atomic E-state index is 0.123. The quantitative estimate of drug-likeness (QED) is 0.548. The van der Waals surface area contributed by atoms with E-state index in [-0.39, 0.29) is 5.72 Å². The third-order valence-electron chi connectivity index (χ3n) is 2.59. The first-order valence-corrected chi connectivity index (χ1v) is 4.30. The van der Waals surface area contributed by atoms with Crippen molar-refractivity contribution in [3.8, 4) is 0 Å². The number of hydrogen-bond donors (Lipinski definition) is 1. The third kappa shape index (κ3) is 1.06. The summed E-state index contributed by atoms with van der Waals surface area (Å²) in [7, 11) is 0. The highest BCUT2D eigenvalue weighted by Crippen LogP contribution is 2.30. The molecule has 1 aliphatic heterocycles. The molecule has 2 rings (SSSR count). The van der Waals surface area contributed by atoms with E-state index in [0.29, 0.717) is 0 Å². The predicted octanol–water partition coefficient (Wildman–Crippen LogP) is 1.27. The molecule has 2 aliphatic rings. The molecule has 0 atom stereocenters. The Bertz CT molecular complexity index is 110. The van der Waals surface area contributed by atoms with Crippen LogP contribution in [0.2, 0.25) is 0 Å². The molecule has 0 aromatic heterocycles. The average Bonchev–Trinajstić information content (AvgIpc) is 2.39. The molecule has 1 heterocycles. The van der Waals surface area contributed by atoms with Crippen LogP contribution in [0.15, 0.2) is 0 Å². The zero-order chi connectivity index (χ0) is 6.86.